The third kappa shape index (κ3) is 3.63. The summed E-state index contributed by atoms with van der Waals surface area (Å²) in [4.78, 5) is 11.1. The first-order valence-corrected chi connectivity index (χ1v) is 4.94. The number of aliphatic hydroxyl groups excluding tert-OH is 1. The third-order valence-corrected chi connectivity index (χ3v) is 2.32. The van der Waals surface area contributed by atoms with Crippen molar-refractivity contribution in [2.45, 2.75) is 44.8 Å². The Morgan fingerprint density at radius 1 is 1.54 bits per heavy atom. The molecule has 76 valence electrons. The Bertz CT molecular complexity index is 173. The van der Waals surface area contributed by atoms with Crippen molar-refractivity contribution in [1.82, 2.24) is 10.6 Å². The quantitative estimate of drug-likeness (QED) is 0.591. The number of aliphatic hydroxyl groups is 1. The first-order valence-electron chi connectivity index (χ1n) is 4.94. The molecular formula is C9H18N2O2. The lowest BCUT2D eigenvalue weighted by molar-refractivity contribution is 0.113. The molecule has 0 spiro atoms. The Hall–Kier alpha value is -0.770. The number of rotatable bonds is 2. The van der Waals surface area contributed by atoms with Crippen molar-refractivity contribution in [3.05, 3.63) is 0 Å². The van der Waals surface area contributed by atoms with Gasteiger partial charge in [0.05, 0.1) is 6.10 Å². The molecule has 13 heavy (non-hydrogen) atoms. The number of amides is 2. The van der Waals surface area contributed by atoms with Gasteiger partial charge >= 0.3 is 6.03 Å². The van der Waals surface area contributed by atoms with E-state index in [0.717, 1.165) is 19.3 Å². The van der Waals surface area contributed by atoms with E-state index in [2.05, 4.69) is 10.6 Å². The fourth-order valence-electron chi connectivity index (χ4n) is 1.69. The van der Waals surface area contributed by atoms with Gasteiger partial charge in [0.2, 0.25) is 0 Å². The van der Waals surface area contributed by atoms with Gasteiger partial charge in [-0.2, -0.15) is 0 Å². The highest BCUT2D eigenvalue weighted by molar-refractivity contribution is 5.74. The lowest BCUT2D eigenvalue weighted by Crippen LogP contribution is -2.44. The van der Waals surface area contributed by atoms with Crippen LogP contribution in [0, 0.1) is 0 Å². The summed E-state index contributed by atoms with van der Waals surface area (Å²) in [6.45, 7) is 2.52. The number of hydrogen-bond donors (Lipinski definition) is 3. The summed E-state index contributed by atoms with van der Waals surface area (Å²) in [7, 11) is 0. The maximum Gasteiger partial charge on any atom is 0.314 e. The second kappa shape index (κ2) is 5.07. The Morgan fingerprint density at radius 3 is 2.92 bits per heavy atom. The second-order valence-electron chi connectivity index (χ2n) is 3.52. The Morgan fingerprint density at radius 2 is 2.31 bits per heavy atom. The van der Waals surface area contributed by atoms with Gasteiger partial charge in [-0.25, -0.2) is 4.79 Å². The predicted molar refractivity (Wildman–Crippen MR) is 50.5 cm³/mol. The molecule has 2 amide bonds. The van der Waals surface area contributed by atoms with Crippen LogP contribution in [-0.4, -0.2) is 29.8 Å². The first kappa shape index (κ1) is 10.3. The highest BCUT2D eigenvalue weighted by Crippen LogP contribution is 2.17. The standard InChI is InChI=1S/C9H18N2O2/c1-2-10-9(13)11-7-4-3-5-8(12)6-7/h7-8,12H,2-6H2,1H3,(H2,10,11,13)/t7-,8+/m0/s1. The van der Waals surface area contributed by atoms with Gasteiger partial charge in [0.15, 0.2) is 0 Å². The van der Waals surface area contributed by atoms with Crippen LogP contribution in [0.25, 0.3) is 0 Å². The topological polar surface area (TPSA) is 61.4 Å². The van der Waals surface area contributed by atoms with Gasteiger partial charge in [0.25, 0.3) is 0 Å². The molecule has 4 nitrogen and oxygen atoms in total. The first-order chi connectivity index (χ1) is 6.22. The minimum absolute atomic E-state index is 0.124. The summed E-state index contributed by atoms with van der Waals surface area (Å²) in [5.74, 6) is 0. The minimum atomic E-state index is -0.235. The van der Waals surface area contributed by atoms with Crippen molar-refractivity contribution in [2.24, 2.45) is 0 Å². The molecule has 0 saturated heterocycles. The monoisotopic (exact) mass is 186 g/mol. The van der Waals surface area contributed by atoms with E-state index in [1.165, 1.54) is 0 Å². The van der Waals surface area contributed by atoms with Gasteiger partial charge < -0.3 is 15.7 Å². The average Bonchev–Trinajstić information content (AvgIpc) is 2.04. The molecule has 0 aromatic carbocycles. The van der Waals surface area contributed by atoms with E-state index in [4.69, 9.17) is 0 Å². The molecular weight excluding hydrogens is 168 g/mol. The Labute approximate surface area is 78.7 Å². The maximum atomic E-state index is 11.1. The average molecular weight is 186 g/mol. The highest BCUT2D eigenvalue weighted by Gasteiger charge is 2.20. The molecule has 3 N–H and O–H groups in total. The van der Waals surface area contributed by atoms with Gasteiger partial charge in [0.1, 0.15) is 0 Å². The molecule has 0 unspecified atom stereocenters. The van der Waals surface area contributed by atoms with E-state index in [-0.39, 0.29) is 18.2 Å². The third-order valence-electron chi connectivity index (χ3n) is 2.32. The summed E-state index contributed by atoms with van der Waals surface area (Å²) >= 11 is 0. The number of nitrogens with one attached hydrogen (secondary N) is 2. The minimum Gasteiger partial charge on any atom is -0.393 e. The fourth-order valence-corrected chi connectivity index (χ4v) is 1.69. The van der Waals surface area contributed by atoms with Crippen LogP contribution in [0.4, 0.5) is 4.79 Å². The van der Waals surface area contributed by atoms with Crippen molar-refractivity contribution in [3.63, 3.8) is 0 Å². The summed E-state index contributed by atoms with van der Waals surface area (Å²) in [5, 5.41) is 14.9. The summed E-state index contributed by atoms with van der Waals surface area (Å²) < 4.78 is 0. The summed E-state index contributed by atoms with van der Waals surface area (Å²) in [6.07, 6.45) is 3.30. The molecule has 0 bridgehead atoms. The molecule has 1 fully saturated rings. The molecule has 1 rings (SSSR count). The van der Waals surface area contributed by atoms with Crippen molar-refractivity contribution in [2.75, 3.05) is 6.54 Å². The molecule has 2 atom stereocenters. The van der Waals surface area contributed by atoms with Gasteiger partial charge in [-0.1, -0.05) is 0 Å². The number of carbonyl (C=O) groups excluding carboxylic acids is 1. The van der Waals surface area contributed by atoms with Gasteiger partial charge in [-0.05, 0) is 32.6 Å². The van der Waals surface area contributed by atoms with Crippen molar-refractivity contribution >= 4 is 6.03 Å². The van der Waals surface area contributed by atoms with Crippen molar-refractivity contribution in [1.29, 1.82) is 0 Å². The van der Waals surface area contributed by atoms with Crippen LogP contribution in [-0.2, 0) is 0 Å². The van der Waals surface area contributed by atoms with Gasteiger partial charge in [-0.3, -0.25) is 0 Å². The van der Waals surface area contributed by atoms with Crippen LogP contribution in [0.3, 0.4) is 0 Å². The van der Waals surface area contributed by atoms with E-state index >= 15 is 0 Å². The van der Waals surface area contributed by atoms with E-state index in [9.17, 15) is 9.90 Å². The molecule has 0 radical (unpaired) electrons. The van der Waals surface area contributed by atoms with E-state index in [0.29, 0.717) is 13.0 Å². The van der Waals surface area contributed by atoms with Crippen LogP contribution in [0.1, 0.15) is 32.6 Å². The lowest BCUT2D eigenvalue weighted by atomic mass is 9.93. The number of urea groups is 1. The van der Waals surface area contributed by atoms with Crippen molar-refractivity contribution < 1.29 is 9.90 Å². The SMILES string of the molecule is CCNC(=O)N[C@H]1CCC[C@@H](O)C1. The highest BCUT2D eigenvalue weighted by atomic mass is 16.3. The number of hydrogen-bond acceptors (Lipinski definition) is 2. The van der Waals surface area contributed by atoms with Crippen LogP contribution in [0.15, 0.2) is 0 Å². The fraction of sp³-hybridized carbons (Fsp3) is 0.889. The van der Waals surface area contributed by atoms with Crippen LogP contribution >= 0.6 is 0 Å². The molecule has 0 aromatic rings. The summed E-state index contributed by atoms with van der Waals surface area (Å²) in [5.41, 5.74) is 0. The normalized spacial score (nSPS) is 28.2. The van der Waals surface area contributed by atoms with Crippen LogP contribution < -0.4 is 10.6 Å². The second-order valence-corrected chi connectivity index (χ2v) is 3.52. The maximum absolute atomic E-state index is 11.1. The molecule has 1 saturated carbocycles. The van der Waals surface area contributed by atoms with E-state index in [1.807, 2.05) is 6.92 Å². The van der Waals surface area contributed by atoms with Gasteiger partial charge in [-0.15, -0.1) is 0 Å². The van der Waals surface area contributed by atoms with E-state index < -0.39 is 0 Å². The van der Waals surface area contributed by atoms with Gasteiger partial charge in [0, 0.05) is 12.6 Å². The predicted octanol–water partition coefficient (Wildman–Crippen LogP) is 0.609. The molecule has 0 aromatic heterocycles. The number of carbonyl (C=O) groups is 1. The van der Waals surface area contributed by atoms with Crippen LogP contribution in [0.5, 0.6) is 0 Å². The molecule has 0 aliphatic heterocycles. The molecule has 0 heterocycles. The zero-order valence-corrected chi connectivity index (χ0v) is 8.05. The van der Waals surface area contributed by atoms with Crippen LogP contribution in [0.2, 0.25) is 0 Å². The summed E-state index contributed by atoms with van der Waals surface area (Å²) in [6, 6.07) is 0.0249. The molecule has 1 aliphatic carbocycles. The largest absolute Gasteiger partial charge is 0.393 e. The lowest BCUT2D eigenvalue weighted by Gasteiger charge is -2.26. The smallest absolute Gasteiger partial charge is 0.314 e. The molecule has 1 aliphatic rings. The molecule has 4 heteroatoms. The Balaban J connectivity index is 2.23. The Kier molecular flexibility index (Phi) is 4.02. The zero-order valence-electron chi connectivity index (χ0n) is 8.05. The zero-order chi connectivity index (χ0) is 9.68. The van der Waals surface area contributed by atoms with E-state index in [1.54, 1.807) is 0 Å². The van der Waals surface area contributed by atoms with Crippen molar-refractivity contribution in [3.8, 4) is 0 Å².